The van der Waals surface area contributed by atoms with Crippen molar-refractivity contribution < 1.29 is 14.2 Å². The van der Waals surface area contributed by atoms with Crippen LogP contribution >= 0.6 is 0 Å². The molecule has 7 heteroatoms. The third kappa shape index (κ3) is 3.65. The number of benzene rings is 1. The number of rotatable bonds is 6. The van der Waals surface area contributed by atoms with E-state index in [1.165, 1.54) is 11.8 Å². The summed E-state index contributed by atoms with van der Waals surface area (Å²) in [5.74, 6) is 0.407. The smallest absolute Gasteiger partial charge is 0.266 e. The topological polar surface area (TPSA) is 67.6 Å². The summed E-state index contributed by atoms with van der Waals surface area (Å²) in [6.45, 7) is 0.727. The summed E-state index contributed by atoms with van der Waals surface area (Å²) in [5.41, 5.74) is 0.439. The molecule has 5 rings (SSSR count). The zero-order valence-corrected chi connectivity index (χ0v) is 17.3. The zero-order chi connectivity index (χ0) is 20.9. The van der Waals surface area contributed by atoms with Crippen LogP contribution in [0.4, 0.5) is 4.39 Å². The standard InChI is InChI=1S/C23H28FN3O3/c1-30-20-4-2-3-16(22(20)24)13-26-17-7-8-18(26)12-23(29,11-17)14-27-21(28)10-9-19(25-27)15-5-6-15/h2-4,9-10,15,17-18,29H,5-8,11-14H2,1H3/t17-,18-/m1/s1. The van der Waals surface area contributed by atoms with Crippen molar-refractivity contribution in [1.82, 2.24) is 14.7 Å². The minimum atomic E-state index is -0.964. The Morgan fingerprint density at radius 1 is 1.17 bits per heavy atom. The van der Waals surface area contributed by atoms with Crippen LogP contribution in [0.1, 0.15) is 55.7 Å². The SMILES string of the molecule is COc1cccc(CN2[C@@H]3CC[C@@H]2CC(O)(Cn2nc(C4CC4)ccc2=O)C3)c1F. The third-order valence-electron chi connectivity index (χ3n) is 6.95. The summed E-state index contributed by atoms with van der Waals surface area (Å²) in [4.78, 5) is 14.6. The first-order valence-corrected chi connectivity index (χ1v) is 10.8. The van der Waals surface area contributed by atoms with E-state index in [-0.39, 0.29) is 35.8 Å². The van der Waals surface area contributed by atoms with Gasteiger partial charge in [-0.2, -0.15) is 5.10 Å². The van der Waals surface area contributed by atoms with Crippen molar-refractivity contribution in [3.05, 3.63) is 57.8 Å². The number of hydrogen-bond acceptors (Lipinski definition) is 5. The van der Waals surface area contributed by atoms with Crippen molar-refractivity contribution >= 4 is 0 Å². The molecule has 1 saturated carbocycles. The van der Waals surface area contributed by atoms with Gasteiger partial charge in [-0.3, -0.25) is 9.69 Å². The summed E-state index contributed by atoms with van der Waals surface area (Å²) in [6.07, 6.45) is 5.32. The Bertz CT molecular complexity index is 989. The largest absolute Gasteiger partial charge is 0.494 e. The van der Waals surface area contributed by atoms with Crippen LogP contribution in [0.25, 0.3) is 0 Å². The molecule has 0 spiro atoms. The number of halogens is 1. The number of ether oxygens (including phenoxy) is 1. The second-order valence-corrected chi connectivity index (χ2v) is 9.15. The molecule has 3 heterocycles. The van der Waals surface area contributed by atoms with Crippen LogP contribution in [0.15, 0.2) is 35.1 Å². The Morgan fingerprint density at radius 2 is 1.90 bits per heavy atom. The lowest BCUT2D eigenvalue weighted by Gasteiger charge is -2.43. The summed E-state index contributed by atoms with van der Waals surface area (Å²) < 4.78 is 21.2. The Balaban J connectivity index is 1.33. The molecule has 3 fully saturated rings. The Morgan fingerprint density at radius 3 is 2.57 bits per heavy atom. The summed E-state index contributed by atoms with van der Waals surface area (Å²) in [5, 5.41) is 15.9. The highest BCUT2D eigenvalue weighted by atomic mass is 19.1. The van der Waals surface area contributed by atoms with Crippen LogP contribution in [-0.4, -0.2) is 44.6 Å². The lowest BCUT2D eigenvalue weighted by atomic mass is 9.85. The molecule has 2 saturated heterocycles. The van der Waals surface area contributed by atoms with Crippen molar-refractivity contribution in [2.45, 2.75) is 75.2 Å². The van der Waals surface area contributed by atoms with E-state index in [0.29, 0.717) is 30.9 Å². The second kappa shape index (κ2) is 7.46. The number of hydrogen-bond donors (Lipinski definition) is 1. The van der Waals surface area contributed by atoms with Crippen LogP contribution in [-0.2, 0) is 13.1 Å². The number of nitrogens with zero attached hydrogens (tertiary/aromatic N) is 3. The van der Waals surface area contributed by atoms with Gasteiger partial charge in [-0.15, -0.1) is 0 Å². The molecule has 0 amide bonds. The molecule has 2 atom stereocenters. The lowest BCUT2D eigenvalue weighted by Crippen LogP contribution is -2.53. The maximum absolute atomic E-state index is 14.6. The fourth-order valence-corrected chi connectivity index (χ4v) is 5.29. The first-order chi connectivity index (χ1) is 14.5. The molecule has 1 aromatic heterocycles. The maximum Gasteiger partial charge on any atom is 0.266 e. The zero-order valence-electron chi connectivity index (χ0n) is 17.3. The molecule has 1 aromatic carbocycles. The van der Waals surface area contributed by atoms with Gasteiger partial charge in [-0.25, -0.2) is 9.07 Å². The summed E-state index contributed by atoms with van der Waals surface area (Å²) >= 11 is 0. The van der Waals surface area contributed by atoms with E-state index in [1.807, 2.05) is 12.1 Å². The van der Waals surface area contributed by atoms with Crippen LogP contribution in [0.2, 0.25) is 0 Å². The van der Waals surface area contributed by atoms with Gasteiger partial charge in [0.15, 0.2) is 11.6 Å². The van der Waals surface area contributed by atoms with Crippen LogP contribution in [0, 0.1) is 5.82 Å². The molecule has 2 aromatic rings. The van der Waals surface area contributed by atoms with Gasteiger partial charge in [0.25, 0.3) is 5.56 Å². The predicted octanol–water partition coefficient (Wildman–Crippen LogP) is 2.83. The van der Waals surface area contributed by atoms with E-state index in [2.05, 4.69) is 10.00 Å². The van der Waals surface area contributed by atoms with Gasteiger partial charge in [0.2, 0.25) is 0 Å². The minimum Gasteiger partial charge on any atom is -0.494 e. The van der Waals surface area contributed by atoms with Gasteiger partial charge in [0.1, 0.15) is 0 Å². The average Bonchev–Trinajstić information content (AvgIpc) is 3.53. The molecule has 1 aliphatic carbocycles. The summed E-state index contributed by atoms with van der Waals surface area (Å²) in [7, 11) is 1.47. The molecule has 2 bridgehead atoms. The monoisotopic (exact) mass is 413 g/mol. The van der Waals surface area contributed by atoms with E-state index in [0.717, 1.165) is 31.4 Å². The third-order valence-corrected chi connectivity index (χ3v) is 6.95. The predicted molar refractivity (Wildman–Crippen MR) is 110 cm³/mol. The highest BCUT2D eigenvalue weighted by molar-refractivity contribution is 5.31. The first-order valence-electron chi connectivity index (χ1n) is 10.8. The van der Waals surface area contributed by atoms with Crippen molar-refractivity contribution in [3.63, 3.8) is 0 Å². The fourth-order valence-electron chi connectivity index (χ4n) is 5.29. The van der Waals surface area contributed by atoms with Gasteiger partial charge in [-0.05, 0) is 50.7 Å². The van der Waals surface area contributed by atoms with Gasteiger partial charge in [-0.1, -0.05) is 12.1 Å². The molecular formula is C23H28FN3O3. The molecule has 3 aliphatic rings. The van der Waals surface area contributed by atoms with Gasteiger partial charge in [0.05, 0.1) is 24.9 Å². The Kier molecular flexibility index (Phi) is 4.90. The molecule has 2 aliphatic heterocycles. The highest BCUT2D eigenvalue weighted by Crippen LogP contribution is 2.43. The number of aliphatic hydroxyl groups is 1. The lowest BCUT2D eigenvalue weighted by molar-refractivity contribution is -0.0680. The quantitative estimate of drug-likeness (QED) is 0.789. The molecule has 6 nitrogen and oxygen atoms in total. The first kappa shape index (κ1) is 19.7. The van der Waals surface area contributed by atoms with Gasteiger partial charge >= 0.3 is 0 Å². The number of aromatic nitrogens is 2. The van der Waals surface area contributed by atoms with Crippen molar-refractivity contribution in [1.29, 1.82) is 0 Å². The van der Waals surface area contributed by atoms with Crippen molar-refractivity contribution in [2.75, 3.05) is 7.11 Å². The normalized spacial score (nSPS) is 28.6. The average molecular weight is 413 g/mol. The molecule has 30 heavy (non-hydrogen) atoms. The van der Waals surface area contributed by atoms with Crippen LogP contribution in [0.5, 0.6) is 5.75 Å². The van der Waals surface area contributed by atoms with E-state index < -0.39 is 5.60 Å². The molecule has 0 radical (unpaired) electrons. The van der Waals surface area contributed by atoms with Crippen LogP contribution < -0.4 is 10.3 Å². The number of methoxy groups -OCH3 is 1. The summed E-state index contributed by atoms with van der Waals surface area (Å²) in [6, 6.07) is 8.95. The number of piperidine rings is 1. The van der Waals surface area contributed by atoms with E-state index in [4.69, 9.17) is 4.74 Å². The Labute approximate surface area is 175 Å². The highest BCUT2D eigenvalue weighted by Gasteiger charge is 2.48. The Hall–Kier alpha value is -2.25. The molecule has 160 valence electrons. The fraction of sp³-hybridized carbons (Fsp3) is 0.565. The molecular weight excluding hydrogens is 385 g/mol. The van der Waals surface area contributed by atoms with E-state index in [1.54, 1.807) is 18.2 Å². The minimum absolute atomic E-state index is 0.166. The van der Waals surface area contributed by atoms with Crippen molar-refractivity contribution in [3.8, 4) is 5.75 Å². The van der Waals surface area contributed by atoms with E-state index >= 15 is 0 Å². The molecule has 1 N–H and O–H groups in total. The van der Waals surface area contributed by atoms with E-state index in [9.17, 15) is 14.3 Å². The molecule has 0 unspecified atom stereocenters. The second-order valence-electron chi connectivity index (χ2n) is 9.15. The van der Waals surface area contributed by atoms with Crippen molar-refractivity contribution in [2.24, 2.45) is 0 Å². The number of fused-ring (bicyclic) bond motifs is 2. The maximum atomic E-state index is 14.6. The van der Waals surface area contributed by atoms with Gasteiger partial charge < -0.3 is 9.84 Å². The van der Waals surface area contributed by atoms with Gasteiger partial charge in [0, 0.05) is 36.2 Å². The van der Waals surface area contributed by atoms with Crippen LogP contribution in [0.3, 0.4) is 0 Å².